The maximum atomic E-state index is 13.8. The maximum absolute atomic E-state index is 13.8. The van der Waals surface area contributed by atoms with Crippen molar-refractivity contribution in [1.29, 1.82) is 0 Å². The SMILES string of the molecule is CCOC(=O)c1ccc(-n2c(C)cc(/C=C3\C(=O)NC(=S)N(c4cccc(F)c4)C3=O)c2C)cc1. The fraction of sp³-hybridized carbons (Fsp3) is 0.154. The molecule has 0 radical (unpaired) electrons. The minimum Gasteiger partial charge on any atom is -0.462 e. The number of halogens is 1. The van der Waals surface area contributed by atoms with Gasteiger partial charge in [-0.3, -0.25) is 19.8 Å². The Hall–Kier alpha value is -4.11. The molecule has 2 heterocycles. The molecule has 1 fully saturated rings. The van der Waals surface area contributed by atoms with Crippen LogP contribution < -0.4 is 10.2 Å². The molecule has 0 aliphatic carbocycles. The van der Waals surface area contributed by atoms with Gasteiger partial charge in [0, 0.05) is 17.1 Å². The highest BCUT2D eigenvalue weighted by molar-refractivity contribution is 7.80. The molecule has 1 aromatic heterocycles. The Balaban J connectivity index is 1.70. The number of aromatic nitrogens is 1. The number of amides is 2. The predicted octanol–water partition coefficient (Wildman–Crippen LogP) is 4.24. The highest BCUT2D eigenvalue weighted by atomic mass is 32.1. The number of aryl methyl sites for hydroxylation is 1. The van der Waals surface area contributed by atoms with Crippen molar-refractivity contribution >= 4 is 46.9 Å². The van der Waals surface area contributed by atoms with Crippen LogP contribution in [0.5, 0.6) is 0 Å². The Morgan fingerprint density at radius 3 is 2.46 bits per heavy atom. The van der Waals surface area contributed by atoms with Crippen LogP contribution >= 0.6 is 12.2 Å². The summed E-state index contributed by atoms with van der Waals surface area (Å²) in [6.45, 7) is 5.79. The molecular formula is C26H22FN3O4S. The molecule has 35 heavy (non-hydrogen) atoms. The summed E-state index contributed by atoms with van der Waals surface area (Å²) in [6, 6.07) is 14.2. The molecule has 0 saturated carbocycles. The van der Waals surface area contributed by atoms with Gasteiger partial charge in [-0.15, -0.1) is 0 Å². The van der Waals surface area contributed by atoms with Gasteiger partial charge in [0.25, 0.3) is 11.8 Å². The number of anilines is 1. The van der Waals surface area contributed by atoms with Crippen LogP contribution in [0.3, 0.4) is 0 Å². The second-order valence-electron chi connectivity index (χ2n) is 7.87. The summed E-state index contributed by atoms with van der Waals surface area (Å²) < 4.78 is 20.7. The van der Waals surface area contributed by atoms with Gasteiger partial charge in [0.05, 0.1) is 17.9 Å². The van der Waals surface area contributed by atoms with Crippen LogP contribution in [0.15, 0.2) is 60.2 Å². The number of hydrogen-bond acceptors (Lipinski definition) is 5. The highest BCUT2D eigenvalue weighted by Gasteiger charge is 2.35. The quantitative estimate of drug-likeness (QED) is 0.250. The van der Waals surface area contributed by atoms with Crippen molar-refractivity contribution < 1.29 is 23.5 Å². The molecule has 178 valence electrons. The fourth-order valence-corrected chi connectivity index (χ4v) is 4.24. The lowest BCUT2D eigenvalue weighted by Crippen LogP contribution is -2.54. The third kappa shape index (κ3) is 4.63. The lowest BCUT2D eigenvalue weighted by atomic mass is 10.1. The number of benzene rings is 2. The van der Waals surface area contributed by atoms with Crippen LogP contribution in [0.4, 0.5) is 10.1 Å². The topological polar surface area (TPSA) is 80.6 Å². The zero-order valence-electron chi connectivity index (χ0n) is 19.3. The summed E-state index contributed by atoms with van der Waals surface area (Å²) in [5.74, 6) is -2.20. The molecule has 3 aromatic rings. The van der Waals surface area contributed by atoms with Crippen molar-refractivity contribution in [2.75, 3.05) is 11.5 Å². The number of nitrogens with zero attached hydrogens (tertiary/aromatic N) is 2. The minimum atomic E-state index is -0.645. The normalized spacial score (nSPS) is 14.9. The largest absolute Gasteiger partial charge is 0.462 e. The van der Waals surface area contributed by atoms with E-state index in [2.05, 4.69) is 5.32 Å². The van der Waals surface area contributed by atoms with E-state index in [1.165, 1.54) is 30.3 Å². The third-order valence-electron chi connectivity index (χ3n) is 5.57. The molecule has 0 spiro atoms. The lowest BCUT2D eigenvalue weighted by molar-refractivity contribution is -0.122. The number of carbonyl (C=O) groups is 3. The Labute approximate surface area is 206 Å². The Morgan fingerprint density at radius 2 is 1.80 bits per heavy atom. The van der Waals surface area contributed by atoms with E-state index >= 15 is 0 Å². The van der Waals surface area contributed by atoms with Crippen molar-refractivity contribution in [3.05, 3.63) is 88.5 Å². The molecule has 7 nitrogen and oxygen atoms in total. The van der Waals surface area contributed by atoms with Crippen molar-refractivity contribution in [2.24, 2.45) is 0 Å². The van der Waals surface area contributed by atoms with Gasteiger partial charge in [-0.25, -0.2) is 9.18 Å². The molecule has 0 bridgehead atoms. The monoisotopic (exact) mass is 491 g/mol. The summed E-state index contributed by atoms with van der Waals surface area (Å²) in [5.41, 5.74) is 3.64. The highest BCUT2D eigenvalue weighted by Crippen LogP contribution is 2.26. The summed E-state index contributed by atoms with van der Waals surface area (Å²) in [7, 11) is 0. The lowest BCUT2D eigenvalue weighted by Gasteiger charge is -2.28. The average molecular weight is 492 g/mol. The second kappa shape index (κ2) is 9.63. The zero-order chi connectivity index (χ0) is 25.3. The molecule has 1 aliphatic rings. The molecule has 9 heteroatoms. The summed E-state index contributed by atoms with van der Waals surface area (Å²) in [6.07, 6.45) is 1.50. The average Bonchev–Trinajstić information content (AvgIpc) is 3.09. The standard InChI is InChI=1S/C26H22FN3O4S/c1-4-34-25(33)17-8-10-20(11-9-17)29-15(2)12-18(16(29)3)13-22-23(31)28-26(35)30(24(22)32)21-7-5-6-19(27)14-21/h5-14H,4H2,1-3H3,(H,28,31,35)/b22-13+. The van der Waals surface area contributed by atoms with E-state index < -0.39 is 23.6 Å². The van der Waals surface area contributed by atoms with E-state index in [-0.39, 0.29) is 16.4 Å². The molecular weight excluding hydrogens is 469 g/mol. The van der Waals surface area contributed by atoms with Crippen molar-refractivity contribution in [3.8, 4) is 5.69 Å². The molecule has 2 aromatic carbocycles. The Morgan fingerprint density at radius 1 is 1.09 bits per heavy atom. The second-order valence-corrected chi connectivity index (χ2v) is 8.25. The van der Waals surface area contributed by atoms with Gasteiger partial charge in [-0.05, 0) is 93.2 Å². The molecule has 0 atom stereocenters. The molecule has 0 unspecified atom stereocenters. The number of hydrogen-bond donors (Lipinski definition) is 1. The van der Waals surface area contributed by atoms with Crippen LogP contribution in [-0.2, 0) is 14.3 Å². The zero-order valence-corrected chi connectivity index (χ0v) is 20.1. The van der Waals surface area contributed by atoms with Gasteiger partial charge in [-0.1, -0.05) is 6.07 Å². The van der Waals surface area contributed by atoms with Gasteiger partial charge in [0.15, 0.2) is 5.11 Å². The molecule has 2 amide bonds. The van der Waals surface area contributed by atoms with Gasteiger partial charge in [0.2, 0.25) is 0 Å². The first-order chi connectivity index (χ1) is 16.7. The van der Waals surface area contributed by atoms with Gasteiger partial charge in [0.1, 0.15) is 11.4 Å². The summed E-state index contributed by atoms with van der Waals surface area (Å²) >= 11 is 5.17. The minimum absolute atomic E-state index is 0.116. The van der Waals surface area contributed by atoms with E-state index in [1.54, 1.807) is 31.2 Å². The van der Waals surface area contributed by atoms with Crippen LogP contribution in [0.2, 0.25) is 0 Å². The van der Waals surface area contributed by atoms with E-state index in [4.69, 9.17) is 17.0 Å². The number of rotatable bonds is 5. The Bertz CT molecular complexity index is 1390. The molecule has 4 rings (SSSR count). The van der Waals surface area contributed by atoms with E-state index in [0.717, 1.165) is 22.0 Å². The molecule has 1 aliphatic heterocycles. The Kier molecular flexibility index (Phi) is 6.61. The smallest absolute Gasteiger partial charge is 0.338 e. The number of nitrogens with one attached hydrogen (secondary N) is 1. The third-order valence-corrected chi connectivity index (χ3v) is 5.86. The number of thiocarbonyl (C=S) groups is 1. The maximum Gasteiger partial charge on any atom is 0.338 e. The first-order valence-electron chi connectivity index (χ1n) is 10.8. The first kappa shape index (κ1) is 24.0. The van der Waals surface area contributed by atoms with E-state index in [0.29, 0.717) is 17.7 Å². The van der Waals surface area contributed by atoms with E-state index in [1.807, 2.05) is 24.5 Å². The predicted molar refractivity (Wildman–Crippen MR) is 134 cm³/mol. The van der Waals surface area contributed by atoms with Crippen molar-refractivity contribution in [2.45, 2.75) is 20.8 Å². The number of ether oxygens (including phenoxy) is 1. The van der Waals surface area contributed by atoms with Crippen LogP contribution in [0, 0.1) is 19.7 Å². The fourth-order valence-electron chi connectivity index (χ4n) is 3.95. The van der Waals surface area contributed by atoms with Crippen LogP contribution in [0.25, 0.3) is 11.8 Å². The number of esters is 1. The van der Waals surface area contributed by atoms with Gasteiger partial charge in [-0.2, -0.15) is 0 Å². The van der Waals surface area contributed by atoms with Crippen LogP contribution in [-0.4, -0.2) is 34.1 Å². The van der Waals surface area contributed by atoms with E-state index in [9.17, 15) is 18.8 Å². The van der Waals surface area contributed by atoms with Gasteiger partial charge < -0.3 is 9.30 Å². The number of carbonyl (C=O) groups excluding carboxylic acids is 3. The summed E-state index contributed by atoms with van der Waals surface area (Å²) in [4.78, 5) is 38.9. The first-order valence-corrected chi connectivity index (χ1v) is 11.3. The van der Waals surface area contributed by atoms with Crippen molar-refractivity contribution in [3.63, 3.8) is 0 Å². The molecule has 1 saturated heterocycles. The summed E-state index contributed by atoms with van der Waals surface area (Å²) in [5, 5.41) is 2.39. The van der Waals surface area contributed by atoms with Crippen LogP contribution in [0.1, 0.15) is 34.2 Å². The molecule has 1 N–H and O–H groups in total. The van der Waals surface area contributed by atoms with Gasteiger partial charge >= 0.3 is 5.97 Å². The van der Waals surface area contributed by atoms with Crippen molar-refractivity contribution in [1.82, 2.24) is 9.88 Å².